The smallest absolute Gasteiger partial charge is 0.238 e. The van der Waals surface area contributed by atoms with Gasteiger partial charge in [0.1, 0.15) is 5.75 Å². The van der Waals surface area contributed by atoms with Crippen LogP contribution in [0.25, 0.3) is 10.9 Å². The van der Waals surface area contributed by atoms with Gasteiger partial charge in [0.25, 0.3) is 0 Å². The van der Waals surface area contributed by atoms with E-state index in [1.54, 1.807) is 4.68 Å². The van der Waals surface area contributed by atoms with Crippen LogP contribution in [0.2, 0.25) is 0 Å². The van der Waals surface area contributed by atoms with E-state index in [1.165, 1.54) is 0 Å². The first-order chi connectivity index (χ1) is 19.3. The number of halogens is 1. The molecule has 9 nitrogen and oxygen atoms in total. The molecule has 1 aromatic heterocycles. The summed E-state index contributed by atoms with van der Waals surface area (Å²) in [6, 6.07) is 11.7. The monoisotopic (exact) mass is 609 g/mol. The number of rotatable bonds is 9. The molecule has 0 saturated carbocycles. The molecule has 2 aromatic carbocycles. The van der Waals surface area contributed by atoms with Gasteiger partial charge in [-0.1, -0.05) is 22.0 Å². The Balaban J connectivity index is 1.07. The number of nitrogens with one attached hydrogen (secondary N) is 2. The molecule has 3 heterocycles. The first-order valence-electron chi connectivity index (χ1n) is 14.0. The van der Waals surface area contributed by atoms with E-state index >= 15 is 0 Å². The molecule has 2 aliphatic rings. The summed E-state index contributed by atoms with van der Waals surface area (Å²) < 4.78 is 8.77. The number of carbonyl (C=O) groups excluding carboxylic acids is 3. The van der Waals surface area contributed by atoms with Crippen molar-refractivity contribution in [1.82, 2.24) is 20.0 Å². The maximum absolute atomic E-state index is 12.8. The Kier molecular flexibility index (Phi) is 8.85. The predicted octanol–water partition coefficient (Wildman–Crippen LogP) is 4.67. The van der Waals surface area contributed by atoms with Crippen LogP contribution in [0.4, 0.5) is 5.69 Å². The molecule has 212 valence electrons. The molecule has 1 atom stereocenters. The summed E-state index contributed by atoms with van der Waals surface area (Å²) in [5.41, 5.74) is 3.33. The van der Waals surface area contributed by atoms with Crippen molar-refractivity contribution in [3.63, 3.8) is 0 Å². The van der Waals surface area contributed by atoms with Gasteiger partial charge in [-0.15, -0.1) is 0 Å². The zero-order chi connectivity index (χ0) is 28.2. The summed E-state index contributed by atoms with van der Waals surface area (Å²) in [6.45, 7) is 4.97. The molecule has 10 heteroatoms. The molecular weight excluding hydrogens is 574 g/mol. The number of aryl methyl sites for hydroxylation is 1. The van der Waals surface area contributed by atoms with Crippen molar-refractivity contribution in [2.45, 2.75) is 51.4 Å². The van der Waals surface area contributed by atoms with Crippen molar-refractivity contribution >= 4 is 50.2 Å². The number of imide groups is 1. The Morgan fingerprint density at radius 2 is 1.98 bits per heavy atom. The highest BCUT2D eigenvalue weighted by Gasteiger charge is 2.31. The van der Waals surface area contributed by atoms with Gasteiger partial charge in [0, 0.05) is 34.6 Å². The number of likely N-dealkylation sites (tertiary alicyclic amines) is 1. The third kappa shape index (κ3) is 6.55. The van der Waals surface area contributed by atoms with Crippen LogP contribution in [0.1, 0.15) is 55.7 Å². The number of fused-ring (bicyclic) bond motifs is 1. The Bertz CT molecular complexity index is 1410. The van der Waals surface area contributed by atoms with Gasteiger partial charge in [0.2, 0.25) is 17.7 Å². The van der Waals surface area contributed by atoms with Gasteiger partial charge in [-0.05, 0) is 88.4 Å². The van der Waals surface area contributed by atoms with Crippen LogP contribution in [0, 0.1) is 12.8 Å². The van der Waals surface area contributed by atoms with Crippen LogP contribution in [-0.2, 0) is 21.4 Å². The number of hydrogen-bond donors (Lipinski definition) is 2. The van der Waals surface area contributed by atoms with E-state index in [-0.39, 0.29) is 17.7 Å². The molecule has 3 aromatic rings. The molecule has 2 fully saturated rings. The lowest BCUT2D eigenvalue weighted by molar-refractivity contribution is -0.134. The van der Waals surface area contributed by atoms with Gasteiger partial charge in [0.15, 0.2) is 0 Å². The first kappa shape index (κ1) is 28.3. The van der Waals surface area contributed by atoms with Gasteiger partial charge in [-0.3, -0.25) is 29.3 Å². The van der Waals surface area contributed by atoms with E-state index in [4.69, 9.17) is 4.74 Å². The quantitative estimate of drug-likeness (QED) is 0.270. The molecule has 1 unspecified atom stereocenters. The summed E-state index contributed by atoms with van der Waals surface area (Å²) in [7, 11) is 1.82. The van der Waals surface area contributed by atoms with E-state index in [9.17, 15) is 14.4 Å². The van der Waals surface area contributed by atoms with Crippen LogP contribution in [-0.4, -0.2) is 58.6 Å². The summed E-state index contributed by atoms with van der Waals surface area (Å²) in [5.74, 6) is 0.565. The van der Waals surface area contributed by atoms with Gasteiger partial charge < -0.3 is 10.1 Å². The summed E-state index contributed by atoms with van der Waals surface area (Å²) in [4.78, 5) is 39.0. The molecule has 0 aliphatic carbocycles. The number of hydrogen-bond acceptors (Lipinski definition) is 6. The Morgan fingerprint density at radius 1 is 1.18 bits per heavy atom. The molecule has 0 radical (unpaired) electrons. The van der Waals surface area contributed by atoms with Gasteiger partial charge in [-0.25, -0.2) is 0 Å². The van der Waals surface area contributed by atoms with Crippen LogP contribution in [0.5, 0.6) is 5.75 Å². The van der Waals surface area contributed by atoms with E-state index in [2.05, 4.69) is 43.5 Å². The van der Waals surface area contributed by atoms with Crippen LogP contribution in [0.15, 0.2) is 40.9 Å². The molecular formula is C30H36BrN5O4. The van der Waals surface area contributed by atoms with E-state index in [0.717, 1.165) is 72.1 Å². The zero-order valence-electron chi connectivity index (χ0n) is 23.0. The normalized spacial score (nSPS) is 18.6. The van der Waals surface area contributed by atoms with Gasteiger partial charge in [-0.2, -0.15) is 5.10 Å². The summed E-state index contributed by atoms with van der Waals surface area (Å²) in [5, 5.41) is 10.9. The second kappa shape index (κ2) is 12.5. The minimum absolute atomic E-state index is 0.0387. The standard InChI is InChI=1S/C30H36BrN5O4/c1-19-24(31)6-3-7-26(19)40-16-4-5-20-12-14-36(15-13-20)18-28(38)32-21-8-9-22-25(17-21)35(2)34-29(22)23-10-11-27(37)33-30(23)39/h3,6-9,17,20,23H,4-5,10-16,18H2,1-2H3,(H,32,38)(H,33,37,39). The second-order valence-corrected chi connectivity index (χ2v) is 11.7. The number of nitrogens with zero attached hydrogens (tertiary/aromatic N) is 3. The van der Waals surface area contributed by atoms with E-state index in [1.807, 2.05) is 43.4 Å². The number of amides is 3. The van der Waals surface area contributed by atoms with Crippen molar-refractivity contribution < 1.29 is 19.1 Å². The summed E-state index contributed by atoms with van der Waals surface area (Å²) in [6.07, 6.45) is 5.10. The minimum atomic E-state index is -0.451. The van der Waals surface area contributed by atoms with Crippen molar-refractivity contribution in [3.05, 3.63) is 52.1 Å². The molecule has 3 amide bonds. The van der Waals surface area contributed by atoms with Crippen LogP contribution < -0.4 is 15.4 Å². The lowest BCUT2D eigenvalue weighted by Gasteiger charge is -2.31. The number of ether oxygens (including phenoxy) is 1. The Hall–Kier alpha value is -3.24. The molecule has 0 spiro atoms. The molecule has 40 heavy (non-hydrogen) atoms. The largest absolute Gasteiger partial charge is 0.493 e. The number of benzene rings is 2. The van der Waals surface area contributed by atoms with Crippen LogP contribution in [0.3, 0.4) is 0 Å². The predicted molar refractivity (Wildman–Crippen MR) is 157 cm³/mol. The minimum Gasteiger partial charge on any atom is -0.493 e. The lowest BCUT2D eigenvalue weighted by Crippen LogP contribution is -2.39. The molecule has 5 rings (SSSR count). The molecule has 2 aliphatic heterocycles. The second-order valence-electron chi connectivity index (χ2n) is 10.9. The van der Waals surface area contributed by atoms with Crippen LogP contribution >= 0.6 is 15.9 Å². The average Bonchev–Trinajstić information content (AvgIpc) is 3.25. The Labute approximate surface area is 242 Å². The highest BCUT2D eigenvalue weighted by molar-refractivity contribution is 9.10. The third-order valence-corrected chi connectivity index (χ3v) is 8.90. The Morgan fingerprint density at radius 3 is 2.75 bits per heavy atom. The lowest BCUT2D eigenvalue weighted by atomic mass is 9.92. The van der Waals surface area contributed by atoms with Crippen molar-refractivity contribution in [1.29, 1.82) is 0 Å². The number of aromatic nitrogens is 2. The fourth-order valence-electron chi connectivity index (χ4n) is 5.71. The maximum Gasteiger partial charge on any atom is 0.238 e. The van der Waals surface area contributed by atoms with Crippen molar-refractivity contribution in [2.75, 3.05) is 31.6 Å². The van der Waals surface area contributed by atoms with E-state index in [0.29, 0.717) is 36.7 Å². The van der Waals surface area contributed by atoms with Crippen molar-refractivity contribution in [2.24, 2.45) is 13.0 Å². The number of anilines is 1. The molecule has 0 bridgehead atoms. The highest BCUT2D eigenvalue weighted by atomic mass is 79.9. The number of carbonyl (C=O) groups is 3. The fourth-order valence-corrected chi connectivity index (χ4v) is 6.06. The maximum atomic E-state index is 12.8. The van der Waals surface area contributed by atoms with Gasteiger partial charge in [0.05, 0.1) is 30.3 Å². The zero-order valence-corrected chi connectivity index (χ0v) is 24.6. The highest BCUT2D eigenvalue weighted by Crippen LogP contribution is 2.32. The third-order valence-electron chi connectivity index (χ3n) is 8.04. The first-order valence-corrected chi connectivity index (χ1v) is 14.8. The van der Waals surface area contributed by atoms with Gasteiger partial charge >= 0.3 is 0 Å². The molecule has 2 N–H and O–H groups in total. The number of piperidine rings is 2. The summed E-state index contributed by atoms with van der Waals surface area (Å²) >= 11 is 3.55. The van der Waals surface area contributed by atoms with Crippen molar-refractivity contribution in [3.8, 4) is 5.75 Å². The average molecular weight is 611 g/mol. The fraction of sp³-hybridized carbons (Fsp3) is 0.467. The SMILES string of the molecule is Cc1c(Br)cccc1OCCCC1CCN(CC(=O)Nc2ccc3c(C4CCC(=O)NC4=O)nn(C)c3c2)CC1. The van der Waals surface area contributed by atoms with E-state index < -0.39 is 5.92 Å². The molecule has 2 saturated heterocycles. The topological polar surface area (TPSA) is 106 Å².